The lowest BCUT2D eigenvalue weighted by atomic mass is 9.99. The van der Waals surface area contributed by atoms with Crippen LogP contribution in [-0.2, 0) is 4.79 Å². The highest BCUT2D eigenvalue weighted by Gasteiger charge is 2.18. The van der Waals surface area contributed by atoms with E-state index in [4.69, 9.17) is 16.0 Å². The molecule has 2 aromatic carbocycles. The lowest BCUT2D eigenvalue weighted by Gasteiger charge is -2.19. The lowest BCUT2D eigenvalue weighted by molar-refractivity contribution is -0.119. The molecule has 0 radical (unpaired) electrons. The van der Waals surface area contributed by atoms with E-state index in [-0.39, 0.29) is 17.7 Å². The Balaban J connectivity index is 1.43. The number of halogens is 1. The molecule has 4 rings (SSSR count). The second kappa shape index (κ2) is 9.56. The van der Waals surface area contributed by atoms with Crippen LogP contribution >= 0.6 is 23.4 Å². The number of thioether (sulfide) groups is 1. The maximum Gasteiger partial charge on any atom is 0.277 e. The number of benzene rings is 2. The summed E-state index contributed by atoms with van der Waals surface area (Å²) >= 11 is 7.20. The zero-order valence-corrected chi connectivity index (χ0v) is 17.3. The van der Waals surface area contributed by atoms with Gasteiger partial charge in [0.15, 0.2) is 0 Å². The number of nitrogens with one attached hydrogen (secondary N) is 1. The standard InChI is InChI=1S/C22H17ClN4O2S/c23-18-8-6-16(7-9-18)20(15-4-2-1-3-5-15)25-19(28)14-30-22-27-26-21(29-22)17-10-12-24-13-11-17/h1-13,20H,14H2,(H,25,28). The molecule has 1 N–H and O–H groups in total. The van der Waals surface area contributed by atoms with Crippen LogP contribution < -0.4 is 5.32 Å². The van der Waals surface area contributed by atoms with E-state index < -0.39 is 0 Å². The minimum Gasteiger partial charge on any atom is -0.411 e. The molecule has 4 aromatic rings. The fraction of sp³-hybridized carbons (Fsp3) is 0.0909. The van der Waals surface area contributed by atoms with E-state index in [1.54, 1.807) is 24.5 Å². The van der Waals surface area contributed by atoms with E-state index in [0.717, 1.165) is 16.7 Å². The summed E-state index contributed by atoms with van der Waals surface area (Å²) in [5.74, 6) is 0.394. The molecule has 0 aliphatic rings. The molecule has 8 heteroatoms. The van der Waals surface area contributed by atoms with E-state index in [1.165, 1.54) is 11.8 Å². The van der Waals surface area contributed by atoms with Gasteiger partial charge in [-0.25, -0.2) is 0 Å². The molecule has 30 heavy (non-hydrogen) atoms. The molecule has 0 saturated heterocycles. The first kappa shape index (κ1) is 20.1. The quantitative estimate of drug-likeness (QED) is 0.420. The van der Waals surface area contributed by atoms with Gasteiger partial charge in [-0.05, 0) is 35.4 Å². The molecular formula is C22H17ClN4O2S. The third-order valence-electron chi connectivity index (χ3n) is 4.30. The van der Waals surface area contributed by atoms with Crippen molar-refractivity contribution in [3.8, 4) is 11.5 Å². The number of rotatable bonds is 7. The first-order chi connectivity index (χ1) is 14.7. The molecule has 6 nitrogen and oxygen atoms in total. The molecule has 1 amide bonds. The summed E-state index contributed by atoms with van der Waals surface area (Å²) in [5, 5.41) is 12.1. The van der Waals surface area contributed by atoms with Crippen molar-refractivity contribution < 1.29 is 9.21 Å². The van der Waals surface area contributed by atoms with Crippen LogP contribution in [0, 0.1) is 0 Å². The van der Waals surface area contributed by atoms with Crippen molar-refractivity contribution in [2.24, 2.45) is 0 Å². The van der Waals surface area contributed by atoms with Gasteiger partial charge in [-0.1, -0.05) is 65.8 Å². The van der Waals surface area contributed by atoms with Crippen molar-refractivity contribution in [3.63, 3.8) is 0 Å². The number of hydrogen-bond acceptors (Lipinski definition) is 6. The Morgan fingerprint density at radius 1 is 0.967 bits per heavy atom. The van der Waals surface area contributed by atoms with Crippen molar-refractivity contribution >= 4 is 29.3 Å². The van der Waals surface area contributed by atoms with Gasteiger partial charge in [0, 0.05) is 23.0 Å². The Morgan fingerprint density at radius 2 is 1.67 bits per heavy atom. The summed E-state index contributed by atoms with van der Waals surface area (Å²) in [7, 11) is 0. The van der Waals surface area contributed by atoms with Crippen LogP contribution in [0.25, 0.3) is 11.5 Å². The lowest BCUT2D eigenvalue weighted by Crippen LogP contribution is -2.30. The average molecular weight is 437 g/mol. The SMILES string of the molecule is O=C(CSc1nnc(-c2ccncc2)o1)NC(c1ccccc1)c1ccc(Cl)cc1. The minimum atomic E-state index is -0.286. The van der Waals surface area contributed by atoms with E-state index in [2.05, 4.69) is 20.5 Å². The van der Waals surface area contributed by atoms with Gasteiger partial charge in [-0.15, -0.1) is 10.2 Å². The van der Waals surface area contributed by atoms with Crippen LogP contribution in [-0.4, -0.2) is 26.8 Å². The predicted molar refractivity (Wildman–Crippen MR) is 116 cm³/mol. The third-order valence-corrected chi connectivity index (χ3v) is 5.37. The van der Waals surface area contributed by atoms with Crippen LogP contribution in [0.5, 0.6) is 0 Å². The topological polar surface area (TPSA) is 80.9 Å². The van der Waals surface area contributed by atoms with E-state index >= 15 is 0 Å². The van der Waals surface area contributed by atoms with Crippen LogP contribution in [0.15, 0.2) is 88.8 Å². The zero-order valence-electron chi connectivity index (χ0n) is 15.7. The fourth-order valence-electron chi connectivity index (χ4n) is 2.87. The van der Waals surface area contributed by atoms with Gasteiger partial charge in [0.05, 0.1) is 11.8 Å². The summed E-state index contributed by atoms with van der Waals surface area (Å²) < 4.78 is 5.63. The minimum absolute atomic E-state index is 0.146. The van der Waals surface area contributed by atoms with Gasteiger partial charge >= 0.3 is 0 Å². The highest BCUT2D eigenvalue weighted by atomic mass is 35.5. The molecule has 150 valence electrons. The number of carbonyl (C=O) groups excluding carboxylic acids is 1. The van der Waals surface area contributed by atoms with Crippen molar-refractivity contribution in [2.75, 3.05) is 5.75 Å². The van der Waals surface area contributed by atoms with Crippen molar-refractivity contribution in [1.29, 1.82) is 0 Å². The van der Waals surface area contributed by atoms with E-state index in [1.807, 2.05) is 54.6 Å². The number of carbonyl (C=O) groups is 1. The molecule has 2 heterocycles. The molecule has 1 unspecified atom stereocenters. The molecule has 2 aromatic heterocycles. The van der Waals surface area contributed by atoms with E-state index in [0.29, 0.717) is 16.1 Å². The molecule has 0 fully saturated rings. The van der Waals surface area contributed by atoms with Crippen molar-refractivity contribution in [1.82, 2.24) is 20.5 Å². The summed E-state index contributed by atoms with van der Waals surface area (Å²) in [6, 6.07) is 20.5. The molecule has 0 saturated carbocycles. The highest BCUT2D eigenvalue weighted by molar-refractivity contribution is 7.99. The number of aromatic nitrogens is 3. The normalized spacial score (nSPS) is 11.8. The van der Waals surface area contributed by atoms with Crippen LogP contribution in [0.1, 0.15) is 17.2 Å². The maximum atomic E-state index is 12.7. The summed E-state index contributed by atoms with van der Waals surface area (Å²) in [4.78, 5) is 16.6. The Hall–Kier alpha value is -3.16. The second-order valence-electron chi connectivity index (χ2n) is 6.36. The first-order valence-corrected chi connectivity index (χ1v) is 10.5. The van der Waals surface area contributed by atoms with Gasteiger partial charge < -0.3 is 9.73 Å². The summed E-state index contributed by atoms with van der Waals surface area (Å²) in [6.07, 6.45) is 3.31. The van der Waals surface area contributed by atoms with Gasteiger partial charge in [-0.3, -0.25) is 9.78 Å². The predicted octanol–water partition coefficient (Wildman–Crippen LogP) is 4.78. The van der Waals surface area contributed by atoms with Gasteiger partial charge in [-0.2, -0.15) is 0 Å². The van der Waals surface area contributed by atoms with E-state index in [9.17, 15) is 4.79 Å². The maximum absolute atomic E-state index is 12.7. The Kier molecular flexibility index (Phi) is 6.41. The number of pyridine rings is 1. The highest BCUT2D eigenvalue weighted by Crippen LogP contribution is 2.25. The average Bonchev–Trinajstić information content (AvgIpc) is 3.27. The molecule has 1 atom stereocenters. The summed E-state index contributed by atoms with van der Waals surface area (Å²) in [6.45, 7) is 0. The Bertz CT molecular complexity index is 1100. The van der Waals surface area contributed by atoms with Gasteiger partial charge in [0.1, 0.15) is 0 Å². The molecule has 0 aliphatic heterocycles. The zero-order chi connectivity index (χ0) is 20.8. The van der Waals surface area contributed by atoms with Crippen molar-refractivity contribution in [2.45, 2.75) is 11.3 Å². The number of hydrogen-bond donors (Lipinski definition) is 1. The monoisotopic (exact) mass is 436 g/mol. The fourth-order valence-corrected chi connectivity index (χ4v) is 3.57. The largest absolute Gasteiger partial charge is 0.411 e. The Labute approximate surface area is 182 Å². The Morgan fingerprint density at radius 3 is 2.40 bits per heavy atom. The molecule has 0 bridgehead atoms. The molecule has 0 spiro atoms. The van der Waals surface area contributed by atoms with Crippen molar-refractivity contribution in [3.05, 3.63) is 95.3 Å². The number of nitrogens with zero attached hydrogens (tertiary/aromatic N) is 3. The summed E-state index contributed by atoms with van der Waals surface area (Å²) in [5.41, 5.74) is 2.71. The van der Waals surface area contributed by atoms with Crippen LogP contribution in [0.4, 0.5) is 0 Å². The molecular weight excluding hydrogens is 420 g/mol. The van der Waals surface area contributed by atoms with Crippen LogP contribution in [0.2, 0.25) is 5.02 Å². The number of amides is 1. The second-order valence-corrected chi connectivity index (χ2v) is 7.72. The third kappa shape index (κ3) is 5.06. The first-order valence-electron chi connectivity index (χ1n) is 9.15. The van der Waals surface area contributed by atoms with Crippen LogP contribution in [0.3, 0.4) is 0 Å². The molecule has 0 aliphatic carbocycles. The van der Waals surface area contributed by atoms with Gasteiger partial charge in [0.25, 0.3) is 5.22 Å². The smallest absolute Gasteiger partial charge is 0.277 e. The van der Waals surface area contributed by atoms with Gasteiger partial charge in [0.2, 0.25) is 11.8 Å².